The molecule has 0 spiro atoms. The second-order valence-electron chi connectivity index (χ2n) is 23.1. The van der Waals surface area contributed by atoms with E-state index in [2.05, 4.69) is 31.3 Å². The molecule has 3 atom stereocenters. The van der Waals surface area contributed by atoms with Crippen LogP contribution in [-0.2, 0) is 18.4 Å². The van der Waals surface area contributed by atoms with Crippen molar-refractivity contribution < 1.29 is 32.9 Å². The summed E-state index contributed by atoms with van der Waals surface area (Å²) >= 11 is 0. The highest BCUT2D eigenvalue weighted by Crippen LogP contribution is 2.38. The molecule has 0 aromatic rings. The molecular formula is C63H125N2O6P. The first-order valence-electron chi connectivity index (χ1n) is 31.7. The van der Waals surface area contributed by atoms with Crippen molar-refractivity contribution in [2.24, 2.45) is 0 Å². The first-order valence-corrected chi connectivity index (χ1v) is 33.2. The summed E-state index contributed by atoms with van der Waals surface area (Å²) in [6.07, 6.45) is 69.9. The number of unbranched alkanes of at least 4 members (excludes halogenated alkanes) is 44. The number of quaternary nitrogens is 1. The molecule has 9 heteroatoms. The fourth-order valence-corrected chi connectivity index (χ4v) is 10.4. The predicted molar refractivity (Wildman–Crippen MR) is 312 cm³/mol. The lowest BCUT2D eigenvalue weighted by molar-refractivity contribution is -0.870. The van der Waals surface area contributed by atoms with E-state index in [1.54, 1.807) is 6.08 Å². The van der Waals surface area contributed by atoms with Crippen molar-refractivity contribution in [2.75, 3.05) is 40.9 Å². The molecule has 0 aromatic carbocycles. The number of aliphatic hydroxyl groups excluding tert-OH is 1. The van der Waals surface area contributed by atoms with Gasteiger partial charge in [0.2, 0.25) is 5.91 Å². The monoisotopic (exact) mass is 1040 g/mol. The minimum absolute atomic E-state index is 0.00149. The van der Waals surface area contributed by atoms with Crippen LogP contribution in [0.2, 0.25) is 0 Å². The second-order valence-corrected chi connectivity index (χ2v) is 24.5. The van der Waals surface area contributed by atoms with Gasteiger partial charge in [0.25, 0.3) is 7.82 Å². The molecule has 0 aliphatic carbocycles. The van der Waals surface area contributed by atoms with Gasteiger partial charge in [-0.1, -0.05) is 295 Å². The summed E-state index contributed by atoms with van der Waals surface area (Å²) < 4.78 is 23.4. The predicted octanol–water partition coefficient (Wildman–Crippen LogP) is 18.9. The van der Waals surface area contributed by atoms with Crippen LogP contribution in [0, 0.1) is 0 Å². The van der Waals surface area contributed by atoms with Gasteiger partial charge < -0.3 is 28.8 Å². The zero-order chi connectivity index (χ0) is 52.7. The fourth-order valence-electron chi connectivity index (χ4n) is 9.68. The number of nitrogens with zero attached hydrogens (tertiary/aromatic N) is 1. The molecule has 0 bridgehead atoms. The molecule has 3 unspecified atom stereocenters. The number of hydrogen-bond donors (Lipinski definition) is 2. The minimum Gasteiger partial charge on any atom is -0.756 e. The Morgan fingerprint density at radius 1 is 0.472 bits per heavy atom. The minimum atomic E-state index is -4.59. The number of allylic oxidation sites excluding steroid dienone is 3. The van der Waals surface area contributed by atoms with Gasteiger partial charge >= 0.3 is 0 Å². The van der Waals surface area contributed by atoms with Gasteiger partial charge in [-0.2, -0.15) is 0 Å². The van der Waals surface area contributed by atoms with E-state index in [1.165, 1.54) is 263 Å². The molecule has 0 heterocycles. The molecule has 0 aromatic heterocycles. The van der Waals surface area contributed by atoms with Crippen LogP contribution in [0.3, 0.4) is 0 Å². The molecule has 0 aliphatic heterocycles. The van der Waals surface area contributed by atoms with E-state index in [-0.39, 0.29) is 19.1 Å². The van der Waals surface area contributed by atoms with Crippen LogP contribution in [0.1, 0.15) is 322 Å². The van der Waals surface area contributed by atoms with Crippen LogP contribution in [0.15, 0.2) is 24.3 Å². The Balaban J connectivity index is 4.01. The molecule has 0 radical (unpaired) electrons. The van der Waals surface area contributed by atoms with E-state index in [4.69, 9.17) is 9.05 Å². The van der Waals surface area contributed by atoms with Crippen LogP contribution in [0.25, 0.3) is 0 Å². The zero-order valence-electron chi connectivity index (χ0n) is 48.9. The highest BCUT2D eigenvalue weighted by atomic mass is 31.2. The Morgan fingerprint density at radius 3 is 1.08 bits per heavy atom. The summed E-state index contributed by atoms with van der Waals surface area (Å²) in [7, 11) is 1.28. The number of amides is 1. The molecule has 72 heavy (non-hydrogen) atoms. The maximum Gasteiger partial charge on any atom is 0.268 e. The normalized spacial score (nSPS) is 13.9. The number of carbonyl (C=O) groups is 1. The fraction of sp³-hybridized carbons (Fsp3) is 0.921. The highest BCUT2D eigenvalue weighted by Gasteiger charge is 2.23. The van der Waals surface area contributed by atoms with Gasteiger partial charge in [-0.05, 0) is 44.9 Å². The molecule has 0 rings (SSSR count). The molecule has 0 saturated carbocycles. The van der Waals surface area contributed by atoms with Crippen LogP contribution in [0.4, 0.5) is 0 Å². The third-order valence-electron chi connectivity index (χ3n) is 14.7. The number of phosphoric ester groups is 1. The van der Waals surface area contributed by atoms with Crippen molar-refractivity contribution in [3.05, 3.63) is 24.3 Å². The van der Waals surface area contributed by atoms with E-state index in [1.807, 2.05) is 27.2 Å². The topological polar surface area (TPSA) is 108 Å². The summed E-state index contributed by atoms with van der Waals surface area (Å²) in [5.74, 6) is -0.191. The van der Waals surface area contributed by atoms with Crippen molar-refractivity contribution in [3.8, 4) is 0 Å². The molecular weight excluding hydrogens is 912 g/mol. The number of likely N-dealkylation sites (N-methyl/N-ethyl adjacent to an activating group) is 1. The number of rotatable bonds is 59. The summed E-state index contributed by atoms with van der Waals surface area (Å²) in [4.78, 5) is 25.5. The van der Waals surface area contributed by atoms with E-state index in [9.17, 15) is 19.4 Å². The first kappa shape index (κ1) is 71.0. The first-order chi connectivity index (χ1) is 35.0. The van der Waals surface area contributed by atoms with Crippen LogP contribution >= 0.6 is 7.82 Å². The smallest absolute Gasteiger partial charge is 0.268 e. The van der Waals surface area contributed by atoms with Crippen molar-refractivity contribution in [2.45, 2.75) is 334 Å². The Bertz CT molecular complexity index is 1220. The summed E-state index contributed by atoms with van der Waals surface area (Å²) in [5.41, 5.74) is 0. The summed E-state index contributed by atoms with van der Waals surface area (Å²) in [5, 5.41) is 13.9. The van der Waals surface area contributed by atoms with E-state index >= 15 is 0 Å². The third kappa shape index (κ3) is 56.7. The quantitative estimate of drug-likeness (QED) is 0.0272. The zero-order valence-corrected chi connectivity index (χ0v) is 49.8. The van der Waals surface area contributed by atoms with Crippen molar-refractivity contribution in [1.82, 2.24) is 5.32 Å². The number of phosphoric acid groups is 1. The maximum absolute atomic E-state index is 13.0. The van der Waals surface area contributed by atoms with Gasteiger partial charge in [0.05, 0.1) is 39.9 Å². The lowest BCUT2D eigenvalue weighted by atomic mass is 10.0. The molecule has 2 N–H and O–H groups in total. The van der Waals surface area contributed by atoms with Gasteiger partial charge in [0, 0.05) is 6.42 Å². The summed E-state index contributed by atoms with van der Waals surface area (Å²) in [6, 6.07) is -0.884. The number of nitrogens with one attached hydrogen (secondary N) is 1. The third-order valence-corrected chi connectivity index (χ3v) is 15.6. The Labute approximate surface area is 449 Å². The van der Waals surface area contributed by atoms with Gasteiger partial charge in [0.15, 0.2) is 0 Å². The van der Waals surface area contributed by atoms with Gasteiger partial charge in [-0.3, -0.25) is 9.36 Å². The molecule has 428 valence electrons. The standard InChI is InChI=1S/C63H125N2O6P/c1-6-8-10-12-14-16-18-20-22-24-25-26-27-28-29-30-31-32-33-34-35-36-37-38-39-41-43-45-47-49-51-53-55-57-63(67)64-61(60-71-72(68,69)70-59-58-65(3,4)5)62(66)56-54-52-50-48-46-44-42-40-23-21-19-17-15-13-11-9-7-2/h28-29,54,56,61-62,66H,6-27,30-53,55,57-60H2,1-5H3,(H-,64,67,68,69)/b29-28-,56-54+. The lowest BCUT2D eigenvalue weighted by Gasteiger charge is -2.29. The molecule has 0 saturated heterocycles. The second kappa shape index (κ2) is 54.8. The molecule has 8 nitrogen and oxygen atoms in total. The molecule has 0 fully saturated rings. The number of carbonyl (C=O) groups excluding carboxylic acids is 1. The Morgan fingerprint density at radius 2 is 0.764 bits per heavy atom. The van der Waals surface area contributed by atoms with E-state index in [0.717, 1.165) is 38.5 Å². The Kier molecular flexibility index (Phi) is 54.0. The lowest BCUT2D eigenvalue weighted by Crippen LogP contribution is -2.45. The van der Waals surface area contributed by atoms with Crippen molar-refractivity contribution in [1.29, 1.82) is 0 Å². The van der Waals surface area contributed by atoms with E-state index < -0.39 is 20.0 Å². The van der Waals surface area contributed by atoms with Crippen LogP contribution < -0.4 is 10.2 Å². The average Bonchev–Trinajstić information content (AvgIpc) is 3.34. The Hall–Kier alpha value is -1.02. The van der Waals surface area contributed by atoms with Gasteiger partial charge in [-0.25, -0.2) is 0 Å². The largest absolute Gasteiger partial charge is 0.756 e. The number of aliphatic hydroxyl groups is 1. The number of hydrogen-bond acceptors (Lipinski definition) is 6. The maximum atomic E-state index is 13.0. The van der Waals surface area contributed by atoms with Crippen LogP contribution in [0.5, 0.6) is 0 Å². The highest BCUT2D eigenvalue weighted by molar-refractivity contribution is 7.45. The van der Waals surface area contributed by atoms with Gasteiger partial charge in [0.1, 0.15) is 13.2 Å². The van der Waals surface area contributed by atoms with Crippen LogP contribution in [-0.4, -0.2) is 68.5 Å². The molecule has 1 amide bonds. The van der Waals surface area contributed by atoms with E-state index in [0.29, 0.717) is 17.4 Å². The SMILES string of the molecule is CCCCCCCCCCCCCC/C=C\CCCCCCCCCCCCCCCCCCCC(=O)NC(COP(=O)([O-])OCC[N+](C)(C)C)C(O)/C=C/CCCCCCCCCCCCCCCCC. The molecule has 0 aliphatic rings. The van der Waals surface area contributed by atoms with Crippen molar-refractivity contribution in [3.63, 3.8) is 0 Å². The van der Waals surface area contributed by atoms with Crippen molar-refractivity contribution >= 4 is 13.7 Å². The average molecular weight is 1040 g/mol. The summed E-state index contributed by atoms with van der Waals surface area (Å²) in [6.45, 7) is 4.70. The van der Waals surface area contributed by atoms with Gasteiger partial charge in [-0.15, -0.1) is 0 Å².